The molecule has 4 nitrogen and oxygen atoms in total. The van der Waals surface area contributed by atoms with Gasteiger partial charge < -0.3 is 10.1 Å². The Morgan fingerprint density at radius 3 is 2.36 bits per heavy atom. The summed E-state index contributed by atoms with van der Waals surface area (Å²) in [4.78, 5) is 20.8. The van der Waals surface area contributed by atoms with Gasteiger partial charge in [-0.3, -0.25) is 4.79 Å². The second-order valence-corrected chi connectivity index (χ2v) is 2.48. The maximum atomic E-state index is 10.6. The highest BCUT2D eigenvalue weighted by Crippen LogP contribution is 1.97. The van der Waals surface area contributed by atoms with Gasteiger partial charge in [-0.15, -0.1) is 0 Å². The maximum Gasteiger partial charge on any atom is 0.407 e. The second kappa shape index (κ2) is 4.71. The summed E-state index contributed by atoms with van der Waals surface area (Å²) in [5.41, 5.74) is 0. The number of hydrogen-bond donors (Lipinski definition) is 1. The molecule has 11 heavy (non-hydrogen) atoms. The van der Waals surface area contributed by atoms with E-state index < -0.39 is 12.1 Å². The van der Waals surface area contributed by atoms with Crippen LogP contribution in [0, 0.1) is 5.92 Å². The molecule has 0 aliphatic carbocycles. The van der Waals surface area contributed by atoms with Crippen LogP contribution in [-0.4, -0.2) is 25.5 Å². The minimum absolute atomic E-state index is 0.0339. The Bertz CT molecular complexity index is 145. The molecule has 1 atom stereocenters. The van der Waals surface area contributed by atoms with Crippen LogP contribution >= 0.6 is 0 Å². The third-order valence-corrected chi connectivity index (χ3v) is 1.25. The highest BCUT2D eigenvalue weighted by Gasteiger charge is 2.15. The fraction of sp³-hybridized carbons (Fsp3) is 0.714. The molecule has 0 aromatic rings. The molecule has 0 rings (SSSR count). The Morgan fingerprint density at radius 1 is 1.55 bits per heavy atom. The number of rotatable bonds is 3. The molecule has 0 unspecified atom stereocenters. The Morgan fingerprint density at radius 2 is 2.09 bits per heavy atom. The predicted octanol–water partition coefficient (Wildman–Crippen LogP) is 0.477. The Hall–Kier alpha value is -1.06. The van der Waals surface area contributed by atoms with Crippen LogP contribution in [0.25, 0.3) is 0 Å². The van der Waals surface area contributed by atoms with Gasteiger partial charge >= 0.3 is 6.09 Å². The van der Waals surface area contributed by atoms with Gasteiger partial charge in [0.1, 0.15) is 6.04 Å². The van der Waals surface area contributed by atoms with Crippen LogP contribution in [0.3, 0.4) is 0 Å². The first-order valence-corrected chi connectivity index (χ1v) is 3.34. The third kappa shape index (κ3) is 3.60. The second-order valence-electron chi connectivity index (χ2n) is 2.48. The van der Waals surface area contributed by atoms with Gasteiger partial charge in [-0.1, -0.05) is 13.8 Å². The maximum absolute atomic E-state index is 10.6. The summed E-state index contributed by atoms with van der Waals surface area (Å²) in [5.74, 6) is 0.0339. The van der Waals surface area contributed by atoms with Crippen molar-refractivity contribution in [2.75, 3.05) is 7.11 Å². The van der Waals surface area contributed by atoms with Crippen molar-refractivity contribution in [3.05, 3.63) is 0 Å². The number of hydrogen-bond acceptors (Lipinski definition) is 3. The number of carbonyl (C=O) groups excluding carboxylic acids is 2. The zero-order valence-corrected chi connectivity index (χ0v) is 6.88. The van der Waals surface area contributed by atoms with E-state index in [9.17, 15) is 9.59 Å². The standard InChI is InChI=1S/C7H12NO3/c1-5(2)6(4-9)8-7(10)11-3/h5-6H,1-3H3,(H,8,10)/t6-/m1/s1. The van der Waals surface area contributed by atoms with Gasteiger partial charge in [0.2, 0.25) is 6.29 Å². The molecule has 0 spiro atoms. The van der Waals surface area contributed by atoms with Gasteiger partial charge in [-0.05, 0) is 5.92 Å². The van der Waals surface area contributed by atoms with E-state index in [1.165, 1.54) is 7.11 Å². The van der Waals surface area contributed by atoms with Crippen molar-refractivity contribution in [3.63, 3.8) is 0 Å². The topological polar surface area (TPSA) is 55.4 Å². The van der Waals surface area contributed by atoms with Crippen molar-refractivity contribution in [2.24, 2.45) is 5.92 Å². The number of methoxy groups -OCH3 is 1. The molecule has 0 heterocycles. The minimum Gasteiger partial charge on any atom is -0.453 e. The summed E-state index contributed by atoms with van der Waals surface area (Å²) in [6.45, 7) is 3.62. The van der Waals surface area contributed by atoms with Crippen LogP contribution in [-0.2, 0) is 9.53 Å². The van der Waals surface area contributed by atoms with Gasteiger partial charge in [0.05, 0.1) is 7.11 Å². The van der Waals surface area contributed by atoms with E-state index in [0.29, 0.717) is 0 Å². The van der Waals surface area contributed by atoms with Crippen LogP contribution in [0.1, 0.15) is 13.8 Å². The van der Waals surface area contributed by atoms with Crippen LogP contribution in [0.5, 0.6) is 0 Å². The van der Waals surface area contributed by atoms with Gasteiger partial charge in [-0.2, -0.15) is 0 Å². The van der Waals surface area contributed by atoms with E-state index in [1.807, 2.05) is 13.8 Å². The zero-order valence-electron chi connectivity index (χ0n) is 6.88. The van der Waals surface area contributed by atoms with Crippen LogP contribution < -0.4 is 5.32 Å². The monoisotopic (exact) mass is 158 g/mol. The molecule has 1 radical (unpaired) electrons. The molecule has 63 valence electrons. The molecular weight excluding hydrogens is 146 g/mol. The summed E-state index contributed by atoms with van der Waals surface area (Å²) in [6, 6.07) is -0.581. The van der Waals surface area contributed by atoms with Crippen molar-refractivity contribution < 1.29 is 14.3 Å². The van der Waals surface area contributed by atoms with Crippen LogP contribution in [0.4, 0.5) is 4.79 Å². The predicted molar refractivity (Wildman–Crippen MR) is 39.9 cm³/mol. The highest BCUT2D eigenvalue weighted by molar-refractivity contribution is 5.73. The molecule has 1 amide bonds. The molecule has 0 bridgehead atoms. The molecule has 0 aliphatic rings. The Labute approximate surface area is 65.9 Å². The summed E-state index contributed by atoms with van der Waals surface area (Å²) >= 11 is 0. The third-order valence-electron chi connectivity index (χ3n) is 1.25. The quantitative estimate of drug-likeness (QED) is 0.649. The van der Waals surface area contributed by atoms with E-state index >= 15 is 0 Å². The normalized spacial score (nSPS) is 12.4. The first-order chi connectivity index (χ1) is 5.11. The van der Waals surface area contributed by atoms with Crippen molar-refractivity contribution >= 4 is 12.4 Å². The fourth-order valence-corrected chi connectivity index (χ4v) is 0.518. The number of alkyl carbamates (subject to hydrolysis) is 1. The van der Waals surface area contributed by atoms with Gasteiger partial charge in [0.15, 0.2) is 0 Å². The van der Waals surface area contributed by atoms with Crippen molar-refractivity contribution in [2.45, 2.75) is 19.9 Å². The molecule has 1 N–H and O–H groups in total. The average Bonchev–Trinajstić information content (AvgIpc) is 1.99. The first kappa shape index (κ1) is 9.94. The van der Waals surface area contributed by atoms with Crippen molar-refractivity contribution in [1.82, 2.24) is 5.32 Å². The Balaban J connectivity index is 3.87. The minimum atomic E-state index is -0.605. The lowest BCUT2D eigenvalue weighted by Crippen LogP contribution is -2.39. The van der Waals surface area contributed by atoms with E-state index in [4.69, 9.17) is 0 Å². The molecule has 0 saturated heterocycles. The van der Waals surface area contributed by atoms with Crippen molar-refractivity contribution in [3.8, 4) is 0 Å². The number of nitrogens with one attached hydrogen (secondary N) is 1. The molecule has 0 aromatic carbocycles. The first-order valence-electron chi connectivity index (χ1n) is 3.34. The van der Waals surface area contributed by atoms with E-state index in [1.54, 1.807) is 6.29 Å². The van der Waals surface area contributed by atoms with Crippen LogP contribution in [0.15, 0.2) is 0 Å². The summed E-state index contributed by atoms with van der Waals surface area (Å²) in [7, 11) is 1.25. The van der Waals surface area contributed by atoms with Gasteiger partial charge in [-0.25, -0.2) is 4.79 Å². The van der Waals surface area contributed by atoms with Gasteiger partial charge in [0.25, 0.3) is 0 Å². The number of amides is 1. The largest absolute Gasteiger partial charge is 0.453 e. The summed E-state index contributed by atoms with van der Waals surface area (Å²) < 4.78 is 4.30. The van der Waals surface area contributed by atoms with Crippen LogP contribution in [0.2, 0.25) is 0 Å². The molecular formula is C7H12NO3. The van der Waals surface area contributed by atoms with Crippen molar-refractivity contribution in [1.29, 1.82) is 0 Å². The lowest BCUT2D eigenvalue weighted by molar-refractivity contribution is 0.167. The number of carbonyl (C=O) groups is 1. The number of ether oxygens (including phenoxy) is 1. The summed E-state index contributed by atoms with van der Waals surface area (Å²) in [6.07, 6.45) is 1.10. The summed E-state index contributed by atoms with van der Waals surface area (Å²) in [5, 5.41) is 2.33. The molecule has 4 heteroatoms. The lowest BCUT2D eigenvalue weighted by Gasteiger charge is -2.13. The smallest absolute Gasteiger partial charge is 0.407 e. The molecule has 0 saturated carbocycles. The Kier molecular flexibility index (Phi) is 4.26. The highest BCUT2D eigenvalue weighted by atomic mass is 16.5. The lowest BCUT2D eigenvalue weighted by atomic mass is 10.1. The average molecular weight is 158 g/mol. The SMILES string of the molecule is COC(=O)N[C@H]([C]=O)C(C)C. The molecule has 0 aromatic heterocycles. The van der Waals surface area contributed by atoms with E-state index in [0.717, 1.165) is 0 Å². The van der Waals surface area contributed by atoms with E-state index in [2.05, 4.69) is 10.1 Å². The molecule has 0 fully saturated rings. The molecule has 0 aliphatic heterocycles. The fourth-order valence-electron chi connectivity index (χ4n) is 0.518. The van der Waals surface area contributed by atoms with E-state index in [-0.39, 0.29) is 5.92 Å². The van der Waals surface area contributed by atoms with Gasteiger partial charge in [0, 0.05) is 0 Å². The zero-order chi connectivity index (χ0) is 8.85.